The maximum atomic E-state index is 11.0. The van der Waals surface area contributed by atoms with Crippen molar-refractivity contribution in [3.05, 3.63) is 64.7 Å². The van der Waals surface area contributed by atoms with Gasteiger partial charge in [0.05, 0.1) is 15.8 Å². The first kappa shape index (κ1) is 10.5. The Hall–Kier alpha value is -2.62. The van der Waals surface area contributed by atoms with Gasteiger partial charge in [0, 0.05) is 11.8 Å². The maximum absolute atomic E-state index is 11.0. The van der Waals surface area contributed by atoms with Gasteiger partial charge in [0.1, 0.15) is 0 Å². The second-order valence-electron chi connectivity index (χ2n) is 4.04. The molecule has 0 radical (unpaired) electrons. The highest BCUT2D eigenvalue weighted by atomic mass is 16.6. The molecule has 88 valence electrons. The Labute approximate surface area is 103 Å². The van der Waals surface area contributed by atoms with E-state index in [9.17, 15) is 10.1 Å². The van der Waals surface area contributed by atoms with Gasteiger partial charge in [-0.25, -0.2) is 0 Å². The van der Waals surface area contributed by atoms with Crippen LogP contribution >= 0.6 is 0 Å². The van der Waals surface area contributed by atoms with Crippen molar-refractivity contribution in [2.75, 3.05) is 0 Å². The zero-order valence-electron chi connectivity index (χ0n) is 9.46. The highest BCUT2D eigenvalue weighted by Crippen LogP contribution is 2.30. The average molecular weight is 238 g/mol. The van der Waals surface area contributed by atoms with Crippen LogP contribution in [0, 0.1) is 10.1 Å². The van der Waals surface area contributed by atoms with Crippen LogP contribution in [0.4, 0.5) is 5.69 Å². The van der Waals surface area contributed by atoms with Gasteiger partial charge in [-0.1, -0.05) is 36.4 Å². The zero-order chi connectivity index (χ0) is 12.5. The smallest absolute Gasteiger partial charge is 0.278 e. The molecule has 2 aromatic carbocycles. The molecule has 0 aliphatic heterocycles. The van der Waals surface area contributed by atoms with Crippen molar-refractivity contribution in [1.82, 2.24) is 4.98 Å². The first-order valence-electron chi connectivity index (χ1n) is 5.57. The Morgan fingerprint density at radius 2 is 1.78 bits per heavy atom. The lowest BCUT2D eigenvalue weighted by Gasteiger charge is -1.94. The van der Waals surface area contributed by atoms with Crippen LogP contribution in [0.3, 0.4) is 0 Å². The molecule has 0 bridgehead atoms. The molecule has 3 rings (SSSR count). The van der Waals surface area contributed by atoms with Crippen molar-refractivity contribution >= 4 is 16.6 Å². The van der Waals surface area contributed by atoms with Gasteiger partial charge < -0.3 is 4.98 Å². The fourth-order valence-corrected chi connectivity index (χ4v) is 2.07. The third kappa shape index (κ3) is 1.64. The minimum absolute atomic E-state index is 0.130. The van der Waals surface area contributed by atoms with Crippen LogP contribution in [0.2, 0.25) is 0 Å². The van der Waals surface area contributed by atoms with Crippen LogP contribution in [0.1, 0.15) is 0 Å². The zero-order valence-corrected chi connectivity index (χ0v) is 9.46. The molecule has 0 spiro atoms. The van der Waals surface area contributed by atoms with E-state index in [1.807, 2.05) is 42.5 Å². The molecule has 0 saturated carbocycles. The van der Waals surface area contributed by atoms with E-state index in [1.54, 1.807) is 6.07 Å². The lowest BCUT2D eigenvalue weighted by atomic mass is 10.1. The van der Waals surface area contributed by atoms with Crippen molar-refractivity contribution in [3.63, 3.8) is 0 Å². The SMILES string of the molecule is O=[N+]([O-])c1cccc2[nH]c(-c3ccccc3)cc12. The van der Waals surface area contributed by atoms with Crippen molar-refractivity contribution in [1.29, 1.82) is 0 Å². The standard InChI is InChI=1S/C14H10N2O2/c17-16(18)14-8-4-7-12-11(14)9-13(15-12)10-5-2-1-3-6-10/h1-9,15H. The van der Waals surface area contributed by atoms with E-state index >= 15 is 0 Å². The van der Waals surface area contributed by atoms with E-state index in [0.29, 0.717) is 5.39 Å². The number of rotatable bonds is 2. The van der Waals surface area contributed by atoms with Gasteiger partial charge in [-0.15, -0.1) is 0 Å². The third-order valence-electron chi connectivity index (χ3n) is 2.92. The Morgan fingerprint density at radius 1 is 1.00 bits per heavy atom. The monoisotopic (exact) mass is 238 g/mol. The molecule has 0 fully saturated rings. The summed E-state index contributed by atoms with van der Waals surface area (Å²) >= 11 is 0. The lowest BCUT2D eigenvalue weighted by Crippen LogP contribution is -1.87. The van der Waals surface area contributed by atoms with Gasteiger partial charge in [-0.05, 0) is 17.7 Å². The molecule has 0 amide bonds. The Morgan fingerprint density at radius 3 is 2.50 bits per heavy atom. The summed E-state index contributed by atoms with van der Waals surface area (Å²) in [5.41, 5.74) is 2.82. The predicted octanol–water partition coefficient (Wildman–Crippen LogP) is 3.74. The number of nitrogens with one attached hydrogen (secondary N) is 1. The summed E-state index contributed by atoms with van der Waals surface area (Å²) in [4.78, 5) is 13.8. The van der Waals surface area contributed by atoms with E-state index in [4.69, 9.17) is 0 Å². The number of nitro benzene ring substituents is 1. The number of hydrogen-bond donors (Lipinski definition) is 1. The first-order valence-corrected chi connectivity index (χ1v) is 5.57. The number of benzene rings is 2. The Balaban J connectivity index is 2.23. The quantitative estimate of drug-likeness (QED) is 0.546. The Kier molecular flexibility index (Phi) is 2.34. The fraction of sp³-hybridized carbons (Fsp3) is 0. The predicted molar refractivity (Wildman–Crippen MR) is 70.4 cm³/mol. The molecule has 18 heavy (non-hydrogen) atoms. The normalized spacial score (nSPS) is 10.7. The van der Waals surface area contributed by atoms with E-state index in [-0.39, 0.29) is 10.6 Å². The van der Waals surface area contributed by atoms with E-state index in [0.717, 1.165) is 16.8 Å². The van der Waals surface area contributed by atoms with Gasteiger partial charge in [0.2, 0.25) is 0 Å². The molecule has 0 saturated heterocycles. The second kappa shape index (κ2) is 4.00. The van der Waals surface area contributed by atoms with Crippen molar-refractivity contribution in [2.45, 2.75) is 0 Å². The van der Waals surface area contributed by atoms with Crippen molar-refractivity contribution in [2.24, 2.45) is 0 Å². The maximum Gasteiger partial charge on any atom is 0.278 e. The number of aromatic amines is 1. The van der Waals surface area contributed by atoms with Crippen LogP contribution in [0.5, 0.6) is 0 Å². The number of nitrogens with zero attached hydrogens (tertiary/aromatic N) is 1. The topological polar surface area (TPSA) is 58.9 Å². The van der Waals surface area contributed by atoms with E-state index in [1.165, 1.54) is 6.07 Å². The second-order valence-corrected chi connectivity index (χ2v) is 4.04. The molecular weight excluding hydrogens is 228 g/mol. The molecule has 1 heterocycles. The van der Waals surface area contributed by atoms with Crippen molar-refractivity contribution < 1.29 is 4.92 Å². The van der Waals surface area contributed by atoms with Crippen LogP contribution < -0.4 is 0 Å². The molecule has 0 atom stereocenters. The molecule has 1 N–H and O–H groups in total. The van der Waals surface area contributed by atoms with Gasteiger partial charge >= 0.3 is 0 Å². The number of hydrogen-bond acceptors (Lipinski definition) is 2. The Bertz CT molecular complexity index is 717. The van der Waals surface area contributed by atoms with Gasteiger partial charge in [-0.2, -0.15) is 0 Å². The largest absolute Gasteiger partial charge is 0.354 e. The minimum Gasteiger partial charge on any atom is -0.354 e. The summed E-state index contributed by atoms with van der Waals surface area (Å²) in [6, 6.07) is 16.6. The van der Waals surface area contributed by atoms with Crippen molar-refractivity contribution in [3.8, 4) is 11.3 Å². The third-order valence-corrected chi connectivity index (χ3v) is 2.92. The van der Waals surface area contributed by atoms with E-state index in [2.05, 4.69) is 4.98 Å². The molecule has 0 unspecified atom stereocenters. The fourth-order valence-electron chi connectivity index (χ4n) is 2.07. The summed E-state index contributed by atoms with van der Waals surface area (Å²) in [6.45, 7) is 0. The number of nitro groups is 1. The summed E-state index contributed by atoms with van der Waals surface area (Å²) in [5.74, 6) is 0. The van der Waals surface area contributed by atoms with Crippen LogP contribution in [-0.2, 0) is 0 Å². The van der Waals surface area contributed by atoms with Gasteiger partial charge in [-0.3, -0.25) is 10.1 Å². The van der Waals surface area contributed by atoms with Gasteiger partial charge in [0.25, 0.3) is 5.69 Å². The number of non-ortho nitro benzene ring substituents is 1. The van der Waals surface area contributed by atoms with Gasteiger partial charge in [0.15, 0.2) is 0 Å². The molecule has 4 heteroatoms. The lowest BCUT2D eigenvalue weighted by molar-refractivity contribution is -0.383. The summed E-state index contributed by atoms with van der Waals surface area (Å²) in [7, 11) is 0. The number of H-pyrrole nitrogens is 1. The highest BCUT2D eigenvalue weighted by molar-refractivity contribution is 5.92. The molecule has 1 aromatic heterocycles. The highest BCUT2D eigenvalue weighted by Gasteiger charge is 2.13. The van der Waals surface area contributed by atoms with E-state index < -0.39 is 0 Å². The number of aromatic nitrogens is 1. The molecule has 4 nitrogen and oxygen atoms in total. The molecular formula is C14H10N2O2. The number of fused-ring (bicyclic) bond motifs is 1. The van der Waals surface area contributed by atoms with Crippen LogP contribution in [0.25, 0.3) is 22.2 Å². The summed E-state index contributed by atoms with van der Waals surface area (Å²) < 4.78 is 0. The molecule has 3 aromatic rings. The molecule has 0 aliphatic rings. The minimum atomic E-state index is -0.356. The first-order chi connectivity index (χ1) is 8.75. The van der Waals surface area contributed by atoms with Crippen LogP contribution in [0.15, 0.2) is 54.6 Å². The average Bonchev–Trinajstić information content (AvgIpc) is 2.83. The molecule has 0 aliphatic carbocycles. The summed E-state index contributed by atoms with van der Waals surface area (Å²) in [5, 5.41) is 11.6. The summed E-state index contributed by atoms with van der Waals surface area (Å²) in [6.07, 6.45) is 0. The van der Waals surface area contributed by atoms with Crippen LogP contribution in [-0.4, -0.2) is 9.91 Å².